The van der Waals surface area contributed by atoms with Gasteiger partial charge in [0.1, 0.15) is 0 Å². The number of aliphatic hydroxyl groups excluding tert-OH is 1. The van der Waals surface area contributed by atoms with Gasteiger partial charge < -0.3 is 10.0 Å². The van der Waals surface area contributed by atoms with Crippen molar-refractivity contribution in [2.45, 2.75) is 32.4 Å². The Kier molecular flexibility index (Phi) is 4.47. The van der Waals surface area contributed by atoms with E-state index >= 15 is 0 Å². The number of amides is 1. The number of anilines is 1. The quantitative estimate of drug-likeness (QED) is 0.904. The van der Waals surface area contributed by atoms with Crippen molar-refractivity contribution in [3.05, 3.63) is 65.2 Å². The first-order valence-corrected chi connectivity index (χ1v) is 9.08. The van der Waals surface area contributed by atoms with E-state index in [1.165, 1.54) is 0 Å². The Labute approximate surface area is 153 Å². The fraction of sp³-hybridized carbons (Fsp3) is 0.333. The monoisotopic (exact) mass is 349 g/mol. The van der Waals surface area contributed by atoms with Gasteiger partial charge in [-0.1, -0.05) is 24.3 Å². The van der Waals surface area contributed by atoms with Crippen LogP contribution < -0.4 is 5.01 Å². The molecule has 5 heteroatoms. The van der Waals surface area contributed by atoms with Gasteiger partial charge >= 0.3 is 0 Å². The van der Waals surface area contributed by atoms with Crippen LogP contribution in [0.25, 0.3) is 0 Å². The van der Waals surface area contributed by atoms with Crippen LogP contribution in [0, 0.1) is 0 Å². The van der Waals surface area contributed by atoms with Gasteiger partial charge in [-0.3, -0.25) is 9.80 Å². The van der Waals surface area contributed by atoms with Gasteiger partial charge in [0.15, 0.2) is 0 Å². The number of aliphatic hydroxyl groups is 1. The third-order valence-corrected chi connectivity index (χ3v) is 5.12. The summed E-state index contributed by atoms with van der Waals surface area (Å²) in [6, 6.07) is 15.5. The van der Waals surface area contributed by atoms with E-state index in [0.29, 0.717) is 25.1 Å². The zero-order valence-electron chi connectivity index (χ0n) is 14.9. The van der Waals surface area contributed by atoms with Gasteiger partial charge in [-0.15, -0.1) is 0 Å². The molecule has 0 saturated carbocycles. The van der Waals surface area contributed by atoms with Crippen molar-refractivity contribution in [2.75, 3.05) is 18.1 Å². The molecule has 0 aromatic heterocycles. The Morgan fingerprint density at radius 1 is 1.12 bits per heavy atom. The summed E-state index contributed by atoms with van der Waals surface area (Å²) in [4.78, 5) is 14.8. The summed E-state index contributed by atoms with van der Waals surface area (Å²) in [7, 11) is 0. The lowest BCUT2D eigenvalue weighted by molar-refractivity contribution is 0.0723. The molecule has 1 atom stereocenters. The third-order valence-electron chi connectivity index (χ3n) is 5.12. The second-order valence-corrected chi connectivity index (χ2v) is 6.99. The van der Waals surface area contributed by atoms with E-state index in [0.717, 1.165) is 35.5 Å². The van der Waals surface area contributed by atoms with E-state index in [9.17, 15) is 9.90 Å². The van der Waals surface area contributed by atoms with Crippen molar-refractivity contribution in [2.24, 2.45) is 5.10 Å². The van der Waals surface area contributed by atoms with Crippen LogP contribution in [0.3, 0.4) is 0 Å². The Hall–Kier alpha value is -2.66. The van der Waals surface area contributed by atoms with Gasteiger partial charge in [-0.2, -0.15) is 5.10 Å². The van der Waals surface area contributed by atoms with Gasteiger partial charge in [-0.05, 0) is 48.7 Å². The van der Waals surface area contributed by atoms with Crippen molar-refractivity contribution in [1.82, 2.24) is 4.90 Å². The lowest BCUT2D eigenvalue weighted by Gasteiger charge is -2.21. The molecule has 0 radical (unpaired) electrons. The smallest absolute Gasteiger partial charge is 0.254 e. The Morgan fingerprint density at radius 3 is 2.62 bits per heavy atom. The summed E-state index contributed by atoms with van der Waals surface area (Å²) < 4.78 is 0. The van der Waals surface area contributed by atoms with E-state index in [1.807, 2.05) is 65.4 Å². The molecule has 5 nitrogen and oxygen atoms in total. The number of rotatable bonds is 2. The normalized spacial score (nSPS) is 19.8. The fourth-order valence-electron chi connectivity index (χ4n) is 3.61. The van der Waals surface area contributed by atoms with E-state index in [1.54, 1.807) is 0 Å². The standard InChI is InChI=1S/C21H23N3O2/c1-15-10-13-24(22-15)18-8-6-16(7-9-18)21(26)23-12-11-20(25)19-5-3-2-4-17(19)14-23/h2-9,20,25H,10-14H2,1H3. The number of fused-ring (bicyclic) bond motifs is 1. The zero-order chi connectivity index (χ0) is 18.1. The van der Waals surface area contributed by atoms with Crippen LogP contribution >= 0.6 is 0 Å². The number of hydrogen-bond acceptors (Lipinski definition) is 4. The van der Waals surface area contributed by atoms with Crippen LogP contribution in [0.1, 0.15) is 47.4 Å². The van der Waals surface area contributed by atoms with Crippen LogP contribution in [0.15, 0.2) is 53.6 Å². The zero-order valence-corrected chi connectivity index (χ0v) is 14.9. The highest BCUT2D eigenvalue weighted by Gasteiger charge is 2.24. The molecule has 0 aliphatic carbocycles. The molecular weight excluding hydrogens is 326 g/mol. The van der Waals surface area contributed by atoms with Crippen molar-refractivity contribution >= 4 is 17.3 Å². The molecule has 26 heavy (non-hydrogen) atoms. The van der Waals surface area contributed by atoms with Crippen LogP contribution in [0.2, 0.25) is 0 Å². The maximum atomic E-state index is 13.0. The number of benzene rings is 2. The third kappa shape index (κ3) is 3.22. The summed E-state index contributed by atoms with van der Waals surface area (Å²) >= 11 is 0. The van der Waals surface area contributed by atoms with Gasteiger partial charge in [0, 0.05) is 37.3 Å². The molecule has 1 unspecified atom stereocenters. The second-order valence-electron chi connectivity index (χ2n) is 6.99. The summed E-state index contributed by atoms with van der Waals surface area (Å²) in [6.45, 7) is 4.00. The predicted molar refractivity (Wildman–Crippen MR) is 102 cm³/mol. The lowest BCUT2D eigenvalue weighted by Crippen LogP contribution is -2.30. The second kappa shape index (κ2) is 6.92. The molecule has 2 aliphatic heterocycles. The summed E-state index contributed by atoms with van der Waals surface area (Å²) in [6.07, 6.45) is 1.03. The number of nitrogens with zero attached hydrogens (tertiary/aromatic N) is 3. The molecule has 1 N–H and O–H groups in total. The maximum absolute atomic E-state index is 13.0. The first kappa shape index (κ1) is 16.8. The number of hydrazone groups is 1. The van der Waals surface area contributed by atoms with Gasteiger partial charge in [-0.25, -0.2) is 0 Å². The molecule has 0 spiro atoms. The highest BCUT2D eigenvalue weighted by Crippen LogP contribution is 2.27. The molecule has 2 heterocycles. The molecule has 2 aliphatic rings. The van der Waals surface area contributed by atoms with Crippen LogP contribution in [-0.4, -0.2) is 34.7 Å². The molecule has 4 rings (SSSR count). The molecule has 2 aromatic rings. The van der Waals surface area contributed by atoms with E-state index in [4.69, 9.17) is 0 Å². The van der Waals surface area contributed by atoms with Crippen LogP contribution in [0.5, 0.6) is 0 Å². The molecular formula is C21H23N3O2. The highest BCUT2D eigenvalue weighted by atomic mass is 16.3. The SMILES string of the molecule is CC1=NN(c2ccc(C(=O)N3CCC(O)c4ccccc4C3)cc2)CC1. The summed E-state index contributed by atoms with van der Waals surface area (Å²) in [5, 5.41) is 16.8. The molecule has 2 aromatic carbocycles. The highest BCUT2D eigenvalue weighted by molar-refractivity contribution is 5.94. The first-order valence-electron chi connectivity index (χ1n) is 9.08. The van der Waals surface area contributed by atoms with Crippen molar-refractivity contribution in [3.8, 4) is 0 Å². The first-order chi connectivity index (χ1) is 12.6. The van der Waals surface area contributed by atoms with E-state index < -0.39 is 6.10 Å². The van der Waals surface area contributed by atoms with Gasteiger partial charge in [0.2, 0.25) is 0 Å². The topological polar surface area (TPSA) is 56.1 Å². The minimum Gasteiger partial charge on any atom is -0.388 e. The number of hydrogen-bond donors (Lipinski definition) is 1. The fourth-order valence-corrected chi connectivity index (χ4v) is 3.61. The number of carbonyl (C=O) groups is 1. The Bertz CT molecular complexity index is 845. The van der Waals surface area contributed by atoms with Crippen LogP contribution in [0.4, 0.5) is 5.69 Å². The molecule has 1 amide bonds. The largest absolute Gasteiger partial charge is 0.388 e. The van der Waals surface area contributed by atoms with Gasteiger partial charge in [0.25, 0.3) is 5.91 Å². The summed E-state index contributed by atoms with van der Waals surface area (Å²) in [5.74, 6) is 0.00144. The minimum absolute atomic E-state index is 0.00144. The van der Waals surface area contributed by atoms with Crippen molar-refractivity contribution in [1.29, 1.82) is 0 Å². The Morgan fingerprint density at radius 2 is 1.88 bits per heavy atom. The Balaban J connectivity index is 1.52. The predicted octanol–water partition coefficient (Wildman–Crippen LogP) is 3.35. The van der Waals surface area contributed by atoms with Crippen molar-refractivity contribution < 1.29 is 9.90 Å². The van der Waals surface area contributed by atoms with Gasteiger partial charge in [0.05, 0.1) is 11.8 Å². The molecule has 0 saturated heterocycles. The maximum Gasteiger partial charge on any atom is 0.254 e. The summed E-state index contributed by atoms with van der Waals surface area (Å²) in [5.41, 5.74) is 4.76. The average Bonchev–Trinajstić information content (AvgIpc) is 3.03. The average molecular weight is 349 g/mol. The van der Waals surface area contributed by atoms with E-state index in [-0.39, 0.29) is 5.91 Å². The lowest BCUT2D eigenvalue weighted by atomic mass is 10.0. The van der Waals surface area contributed by atoms with E-state index in [2.05, 4.69) is 5.10 Å². The minimum atomic E-state index is -0.511. The number of carbonyl (C=O) groups excluding carboxylic acids is 1. The molecule has 134 valence electrons. The van der Waals surface area contributed by atoms with Crippen LogP contribution in [-0.2, 0) is 6.54 Å². The molecule has 0 bridgehead atoms. The molecule has 0 fully saturated rings. The van der Waals surface area contributed by atoms with Crippen molar-refractivity contribution in [3.63, 3.8) is 0 Å².